The Morgan fingerprint density at radius 1 is 0.490 bits per heavy atom. The number of nitrogens with one attached hydrogen (secondary N) is 1. The molecule has 1 aliphatic rings. The van der Waals surface area contributed by atoms with E-state index < -0.39 is 0 Å². The molecular weight excluding hydrogens is 698 g/mol. The Labute approximate surface area is 305 Å². The van der Waals surface area contributed by atoms with Gasteiger partial charge in [0.2, 0.25) is 0 Å². The fourth-order valence-electron chi connectivity index (χ4n) is 6.32. The third-order valence-corrected chi connectivity index (χ3v) is 10.5. The molecule has 7 N–H and O–H groups in total. The van der Waals surface area contributed by atoms with Gasteiger partial charge in [0, 0.05) is 0 Å². The van der Waals surface area contributed by atoms with Crippen LogP contribution in [-0.4, -0.2) is 36.4 Å². The molecule has 0 radical (unpaired) electrons. The van der Waals surface area contributed by atoms with E-state index in [0.29, 0.717) is 36.7 Å². The van der Waals surface area contributed by atoms with Crippen molar-refractivity contribution in [2.75, 3.05) is 5.12 Å². The van der Waals surface area contributed by atoms with Crippen LogP contribution < -0.4 is 10.5 Å². The Morgan fingerprint density at radius 2 is 0.776 bits per heavy atom. The van der Waals surface area contributed by atoms with Gasteiger partial charge < -0.3 is 0 Å². The van der Waals surface area contributed by atoms with Gasteiger partial charge in [-0.05, 0) is 0 Å². The Hall–Kier alpha value is -3.65. The van der Waals surface area contributed by atoms with Crippen molar-refractivity contribution in [1.82, 2.24) is 5.43 Å². The van der Waals surface area contributed by atoms with E-state index in [1.54, 1.807) is 6.07 Å². The number of allylic oxidation sites excluding steroid dienone is 1. The number of hydrogen-bond acceptors (Lipinski definition) is 9. The molecule has 4 rings (SSSR count). The third-order valence-electron chi connectivity index (χ3n) is 9.30. The van der Waals surface area contributed by atoms with Gasteiger partial charge in [-0.25, -0.2) is 0 Å². The number of benzene rings is 3. The molecule has 3 aromatic carbocycles. The average Bonchev–Trinajstić information content (AvgIpc) is 2.98. The van der Waals surface area contributed by atoms with Gasteiger partial charge in [-0.1, -0.05) is 0 Å². The molecule has 0 saturated heterocycles. The maximum atomic E-state index is 11.8. The van der Waals surface area contributed by atoms with E-state index in [0.717, 1.165) is 24.7 Å². The van der Waals surface area contributed by atoms with Crippen LogP contribution in [0.15, 0.2) is 26.6 Å². The number of phenolic OH excluding ortho intramolecular Hbond substituents is 6. The van der Waals surface area contributed by atoms with Crippen LogP contribution in [0.4, 0.5) is 5.69 Å². The number of anilines is 1. The van der Waals surface area contributed by atoms with Crippen LogP contribution in [0.2, 0.25) is 0 Å². The Kier molecular flexibility index (Phi) is 11.1. The summed E-state index contributed by atoms with van der Waals surface area (Å²) in [6.07, 6.45) is 0. The second kappa shape index (κ2) is 14.3. The normalized spacial score (nSPS) is 13.9. The number of hydrazone groups is 1. The van der Waals surface area contributed by atoms with E-state index in [-0.39, 0.29) is 98.2 Å². The van der Waals surface area contributed by atoms with Crippen LogP contribution in [-0.2, 0) is 24.7 Å². The zero-order chi connectivity index (χ0) is 37.0. The van der Waals surface area contributed by atoms with Gasteiger partial charge in [0.15, 0.2) is 0 Å². The maximum absolute atomic E-state index is 11.8. The van der Waals surface area contributed by atoms with Crippen LogP contribution in [0.3, 0.4) is 0 Å². The van der Waals surface area contributed by atoms with Gasteiger partial charge in [0.05, 0.1) is 0 Å². The number of rotatable bonds is 9. The number of nitrogens with zero attached hydrogens (tertiary/aromatic N) is 2. The zero-order valence-corrected chi connectivity index (χ0v) is 33.2. The van der Waals surface area contributed by atoms with Gasteiger partial charge in [-0.3, -0.25) is 0 Å². The molecule has 0 fully saturated rings. The van der Waals surface area contributed by atoms with Gasteiger partial charge in [0.1, 0.15) is 0 Å². The first kappa shape index (κ1) is 38.2. The topological polar surface area (TPSA) is 149 Å². The van der Waals surface area contributed by atoms with Crippen molar-refractivity contribution in [3.63, 3.8) is 0 Å². The monoisotopic (exact) mass is 748 g/mol. The van der Waals surface area contributed by atoms with E-state index in [4.69, 9.17) is 5.10 Å². The molecule has 0 atom stereocenters. The predicted octanol–water partition coefficient (Wildman–Crippen LogP) is 9.31. The van der Waals surface area contributed by atoms with Crippen LogP contribution in [0.25, 0.3) is 5.70 Å². The van der Waals surface area contributed by atoms with E-state index in [2.05, 4.69) is 5.43 Å². The summed E-state index contributed by atoms with van der Waals surface area (Å²) in [7, 11) is 0. The molecule has 0 aliphatic carbocycles. The van der Waals surface area contributed by atoms with Gasteiger partial charge in [-0.2, -0.15) is 0 Å². The average molecular weight is 750 g/mol. The fraction of sp³-hybridized carbons (Fsp3) is 0.462. The zero-order valence-electron chi connectivity index (χ0n) is 30.8. The summed E-state index contributed by atoms with van der Waals surface area (Å²) in [6.45, 7) is 23.4. The molecular formula is C39H52N3O6Zr. The summed E-state index contributed by atoms with van der Waals surface area (Å²) in [5.74, 6) is -1.52. The van der Waals surface area contributed by atoms with Gasteiger partial charge in [0.25, 0.3) is 0 Å². The van der Waals surface area contributed by atoms with E-state index in [9.17, 15) is 30.6 Å². The number of hydrazine groups is 1. The number of hydrogen-bond donors (Lipinski definition) is 7. The first-order valence-corrected chi connectivity index (χ1v) is 18.3. The van der Waals surface area contributed by atoms with Crippen LogP contribution >= 0.6 is 0 Å². The SMILES string of the molecule is CC(C)c1cc(C(C)C)c(O)c(C2=NN(c3c(O)c(C(C)C)cc(C(C)C)c3O)NC(c3c(O)c(C(C)C)cc(C(C)C)c3O)=[C]2[Zr])c1O. The predicted molar refractivity (Wildman–Crippen MR) is 193 cm³/mol. The Balaban J connectivity index is 2.24. The standard InChI is InChI=1S/C39H52N3O6.Zr/c1-17(2)23-13-24(18(3)4)35(44)31(34(23)43)29-16-30(32-36(45)25(19(5)6)14-26(20(7)8)37(32)46)41-42(40-29)33-38(47)27(21(9)10)15-28(22(11)12)39(33)48;/h13-15,17-22,40,43-48H,1-12H3;. The minimum atomic E-state index is -0.196. The first-order valence-electron chi connectivity index (χ1n) is 17.1. The molecule has 1 aliphatic heterocycles. The molecule has 1 heterocycles. The summed E-state index contributed by atoms with van der Waals surface area (Å²) in [5, 5.41) is 76.9. The molecule has 0 amide bonds. The van der Waals surface area contributed by atoms with Crippen molar-refractivity contribution < 1.29 is 55.4 Å². The first-order chi connectivity index (χ1) is 22.7. The van der Waals surface area contributed by atoms with Crippen molar-refractivity contribution in [1.29, 1.82) is 0 Å². The van der Waals surface area contributed by atoms with Crippen molar-refractivity contribution >= 4 is 17.1 Å². The molecule has 3 aromatic rings. The number of phenols is 6. The molecule has 0 unspecified atom stereocenters. The number of aromatic hydroxyl groups is 6. The second-order valence-electron chi connectivity index (χ2n) is 14.9. The third kappa shape index (κ3) is 6.78. The Bertz CT molecular complexity index is 1740. The minimum absolute atomic E-state index is 0.0284. The van der Waals surface area contributed by atoms with Gasteiger partial charge >= 0.3 is 307 Å². The molecule has 0 aromatic heterocycles. The molecule has 10 heteroatoms. The van der Waals surface area contributed by atoms with Crippen LogP contribution in [0.5, 0.6) is 34.5 Å². The summed E-state index contributed by atoms with van der Waals surface area (Å²) in [4.78, 5) is 0. The molecule has 0 bridgehead atoms. The quantitative estimate of drug-likeness (QED) is 0.115. The van der Waals surface area contributed by atoms with Crippen molar-refractivity contribution in [3.05, 3.63) is 66.0 Å². The van der Waals surface area contributed by atoms with Crippen LogP contribution in [0.1, 0.15) is 163 Å². The molecule has 49 heavy (non-hydrogen) atoms. The molecule has 0 saturated carbocycles. The van der Waals surface area contributed by atoms with E-state index >= 15 is 0 Å². The van der Waals surface area contributed by atoms with Crippen molar-refractivity contribution in [2.45, 2.75) is 119 Å². The van der Waals surface area contributed by atoms with Crippen molar-refractivity contribution in [3.8, 4) is 34.5 Å². The summed E-state index contributed by atoms with van der Waals surface area (Å²) in [5.41, 5.74) is 7.56. The van der Waals surface area contributed by atoms with Crippen LogP contribution in [0, 0.1) is 0 Å². The summed E-state index contributed by atoms with van der Waals surface area (Å²) >= 11 is 0.794. The molecule has 0 spiro atoms. The Morgan fingerprint density at radius 3 is 1.08 bits per heavy atom. The molecule has 9 nitrogen and oxygen atoms in total. The van der Waals surface area contributed by atoms with Gasteiger partial charge in [-0.15, -0.1) is 0 Å². The second-order valence-corrected chi connectivity index (χ2v) is 16.1. The molecule has 263 valence electrons. The van der Waals surface area contributed by atoms with E-state index in [1.807, 2.05) is 95.2 Å². The fourth-order valence-corrected chi connectivity index (χ4v) is 7.19. The summed E-state index contributed by atoms with van der Waals surface area (Å²) < 4.78 is 0.494. The van der Waals surface area contributed by atoms with E-state index in [1.165, 1.54) is 5.12 Å². The summed E-state index contributed by atoms with van der Waals surface area (Å²) in [6, 6.07) is 5.43. The van der Waals surface area contributed by atoms with Crippen molar-refractivity contribution in [2.24, 2.45) is 5.10 Å².